The number of hydrogen-bond acceptors (Lipinski definition) is 14. The molecule has 85 heavy (non-hydrogen) atoms. The van der Waals surface area contributed by atoms with Gasteiger partial charge in [0.1, 0.15) is 14.6 Å². The first-order valence-corrected chi connectivity index (χ1v) is 31.4. The molecule has 0 radical (unpaired) electrons. The van der Waals surface area contributed by atoms with E-state index in [1.165, 1.54) is 0 Å². The van der Waals surface area contributed by atoms with Crippen molar-refractivity contribution in [3.63, 3.8) is 0 Å². The van der Waals surface area contributed by atoms with Crippen LogP contribution in [0.3, 0.4) is 0 Å². The molecule has 6 aromatic carbocycles. The Morgan fingerprint density at radius 2 is 1.14 bits per heavy atom. The van der Waals surface area contributed by atoms with Crippen molar-refractivity contribution < 1.29 is 33.6 Å². The van der Waals surface area contributed by atoms with E-state index in [0.717, 1.165) is 152 Å². The monoisotopic (exact) mass is 1280 g/mol. The van der Waals surface area contributed by atoms with Crippen molar-refractivity contribution in [1.29, 1.82) is 0 Å². The number of carboxylic acids is 1. The van der Waals surface area contributed by atoms with Gasteiger partial charge in [-0.2, -0.15) is 10.2 Å². The van der Waals surface area contributed by atoms with E-state index in [1.807, 2.05) is 140 Å². The SMILES string of the molecule is CCOC(=O)[C@@H](OC(C)(C)C)c1c(C)cc2nc(-c3ccc4c(c3)c(Br)nn4C)sc2c1-c1ccc(Cl)cc1.Cc1cc2nc(-c3ccc4c(c3)c(N3CC(N5CCOCC5)C3)nn4C)sc2c(-c2ccc(Cl)cc2)c1[C@H](OC(C)(C)C)C(=O)O. The number of morpholine rings is 1. The Kier molecular flexibility index (Phi) is 17.1. The Bertz CT molecular complexity index is 4170. The van der Waals surface area contributed by atoms with Gasteiger partial charge in [-0.15, -0.1) is 22.7 Å². The van der Waals surface area contributed by atoms with Crippen molar-refractivity contribution >= 4 is 122 Å². The predicted molar refractivity (Wildman–Crippen MR) is 347 cm³/mol. The highest BCUT2D eigenvalue weighted by atomic mass is 79.9. The quantitative estimate of drug-likeness (QED) is 0.109. The van der Waals surface area contributed by atoms with Crippen LogP contribution in [0.5, 0.6) is 0 Å². The summed E-state index contributed by atoms with van der Waals surface area (Å²) in [6, 6.07) is 32.3. The highest BCUT2D eigenvalue weighted by Gasteiger charge is 2.37. The Hall–Kier alpha value is -6.32. The van der Waals surface area contributed by atoms with E-state index in [4.69, 9.17) is 57.2 Å². The van der Waals surface area contributed by atoms with Gasteiger partial charge >= 0.3 is 11.9 Å². The van der Waals surface area contributed by atoms with E-state index in [-0.39, 0.29) is 6.61 Å². The van der Waals surface area contributed by atoms with Gasteiger partial charge in [-0.05, 0) is 173 Å². The maximum atomic E-state index is 13.3. The topological polar surface area (TPSA) is 159 Å². The van der Waals surface area contributed by atoms with Crippen molar-refractivity contribution in [1.82, 2.24) is 34.4 Å². The minimum atomic E-state index is -1.16. The van der Waals surface area contributed by atoms with Crippen molar-refractivity contribution in [2.24, 2.45) is 14.1 Å². The van der Waals surface area contributed by atoms with Crippen molar-refractivity contribution in [3.05, 3.63) is 134 Å². The first-order chi connectivity index (χ1) is 40.4. The summed E-state index contributed by atoms with van der Waals surface area (Å²) in [4.78, 5) is 41.1. The summed E-state index contributed by atoms with van der Waals surface area (Å²) in [5.41, 5.74) is 11.1. The van der Waals surface area contributed by atoms with E-state index in [0.29, 0.717) is 21.7 Å². The first kappa shape index (κ1) is 60.4. The average molecular weight is 1290 g/mol. The van der Waals surface area contributed by atoms with Crippen LogP contribution < -0.4 is 4.90 Å². The third-order valence-corrected chi connectivity index (χ3v) is 18.5. The van der Waals surface area contributed by atoms with Crippen LogP contribution in [-0.4, -0.2) is 115 Å². The normalized spacial score (nSPS) is 15.2. The number of anilines is 1. The van der Waals surface area contributed by atoms with Crippen LogP contribution in [0, 0.1) is 13.8 Å². The molecule has 0 amide bonds. The molecule has 10 aromatic rings. The second kappa shape index (κ2) is 24.1. The number of carbonyl (C=O) groups is 2. The average Bonchev–Trinajstić information content (AvgIpc) is 2.15. The van der Waals surface area contributed by atoms with E-state index >= 15 is 0 Å². The minimum absolute atomic E-state index is 0.261. The number of hydrogen-bond donors (Lipinski definition) is 1. The smallest absolute Gasteiger partial charge is 0.339 e. The number of esters is 1. The van der Waals surface area contributed by atoms with Crippen molar-refractivity contribution in [3.8, 4) is 43.4 Å². The van der Waals surface area contributed by atoms with E-state index < -0.39 is 35.3 Å². The number of carboxylic acid groups (broad SMARTS) is 1. The van der Waals surface area contributed by atoms with Gasteiger partial charge in [0.25, 0.3) is 0 Å². The summed E-state index contributed by atoms with van der Waals surface area (Å²) in [5.74, 6) is -0.455. The molecule has 2 aliphatic heterocycles. The molecule has 1 N–H and O–H groups in total. The third kappa shape index (κ3) is 12.5. The number of halogens is 3. The highest BCUT2D eigenvalue weighted by Crippen LogP contribution is 2.48. The number of carbonyl (C=O) groups excluding carboxylic acids is 1. The Balaban J connectivity index is 0.000000180. The molecule has 12 rings (SSSR count). The lowest BCUT2D eigenvalue weighted by Gasteiger charge is -2.46. The van der Waals surface area contributed by atoms with Crippen LogP contribution in [0.1, 0.15) is 82.9 Å². The summed E-state index contributed by atoms with van der Waals surface area (Å²) >= 11 is 19.3. The molecule has 2 aliphatic rings. The number of thiazole rings is 2. The lowest BCUT2D eigenvalue weighted by atomic mass is 9.91. The molecule has 0 bridgehead atoms. The van der Waals surface area contributed by atoms with Gasteiger partial charge < -0.3 is 29.0 Å². The largest absolute Gasteiger partial charge is 0.479 e. The molecule has 0 aliphatic carbocycles. The lowest BCUT2D eigenvalue weighted by molar-refractivity contribution is -0.166. The molecule has 2 atom stereocenters. The summed E-state index contributed by atoms with van der Waals surface area (Å²) in [7, 11) is 3.91. The number of fused-ring (bicyclic) bond motifs is 4. The Morgan fingerprint density at radius 1 is 0.682 bits per heavy atom. The molecule has 2 fully saturated rings. The molecule has 20 heteroatoms. The molecule has 442 valence electrons. The number of aryl methyl sites for hydroxylation is 4. The Morgan fingerprint density at radius 3 is 1.64 bits per heavy atom. The molecule has 4 aromatic heterocycles. The number of benzene rings is 6. The molecule has 0 spiro atoms. The number of ether oxygens (including phenoxy) is 4. The summed E-state index contributed by atoms with van der Waals surface area (Å²) in [6.07, 6.45) is -2.07. The van der Waals surface area contributed by atoms with Crippen LogP contribution in [-0.2, 0) is 42.6 Å². The van der Waals surface area contributed by atoms with Gasteiger partial charge in [0.2, 0.25) is 0 Å². The standard InChI is InChI=1S/C35H38ClN5O4S.C30H29BrClN3O3S/c1-20-16-26-31(29(21-6-9-23(36)10-7-21)28(20)30(34(42)43)45-35(2,3)4)46-33(37-26)22-8-11-27-25(17-22)32(38-39(27)5)41-18-24(19-41)40-12-14-44-15-13-40;1-7-37-29(36)25(38-30(3,4)5)23-16(2)14-21-26(24(23)17-8-11-19(32)12-9-17)39-28(33-21)18-10-13-22-20(15-18)27(31)34-35(22)6/h6-11,16-17,24,30H,12-15,18-19H2,1-5H3,(H,42,43);8-15,25H,7H2,1-6H3/t30-;25-/m00/s1. The van der Waals surface area contributed by atoms with Gasteiger partial charge in [-0.3, -0.25) is 14.3 Å². The zero-order valence-electron chi connectivity index (χ0n) is 49.3. The van der Waals surface area contributed by atoms with Crippen LogP contribution >= 0.6 is 61.8 Å². The first-order valence-electron chi connectivity index (χ1n) is 28.2. The van der Waals surface area contributed by atoms with Gasteiger partial charge in [-0.25, -0.2) is 19.6 Å². The molecular weight excluding hydrogens is 1220 g/mol. The van der Waals surface area contributed by atoms with Crippen molar-refractivity contribution in [2.75, 3.05) is 50.9 Å². The number of aliphatic carboxylic acids is 1. The molecule has 6 heterocycles. The number of nitrogens with zero attached hydrogens (tertiary/aromatic N) is 8. The fourth-order valence-electron chi connectivity index (χ4n) is 11.3. The number of aromatic nitrogens is 6. The van der Waals surface area contributed by atoms with Crippen LogP contribution in [0.25, 0.3) is 85.6 Å². The van der Waals surface area contributed by atoms with Crippen LogP contribution in [0.15, 0.2) is 102 Å². The molecule has 0 saturated carbocycles. The fraction of sp³-hybridized carbons (Fsp3) is 0.354. The second-order valence-corrected chi connectivity index (χ2v) is 27.2. The highest BCUT2D eigenvalue weighted by molar-refractivity contribution is 9.10. The molecular formula is C65H67BrCl2N8O7S2. The lowest BCUT2D eigenvalue weighted by Crippen LogP contribution is -2.61. The maximum absolute atomic E-state index is 13.3. The van der Waals surface area contributed by atoms with Gasteiger partial charge in [0.15, 0.2) is 18.0 Å². The van der Waals surface area contributed by atoms with Gasteiger partial charge in [-0.1, -0.05) is 47.5 Å². The second-order valence-electron chi connectivity index (χ2n) is 23.6. The van der Waals surface area contributed by atoms with E-state index in [1.54, 1.807) is 29.6 Å². The molecule has 2 saturated heterocycles. The zero-order valence-corrected chi connectivity index (χ0v) is 54.1. The minimum Gasteiger partial charge on any atom is -0.479 e. The van der Waals surface area contributed by atoms with Crippen molar-refractivity contribution in [2.45, 2.75) is 91.8 Å². The van der Waals surface area contributed by atoms with Crippen LogP contribution in [0.2, 0.25) is 10.0 Å². The maximum Gasteiger partial charge on any atom is 0.339 e. The van der Waals surface area contributed by atoms with E-state index in [9.17, 15) is 14.7 Å². The predicted octanol–water partition coefficient (Wildman–Crippen LogP) is 15.6. The molecule has 15 nitrogen and oxygen atoms in total. The third-order valence-electron chi connectivity index (χ3n) is 15.2. The van der Waals surface area contributed by atoms with Gasteiger partial charge in [0, 0.05) is 101 Å². The summed E-state index contributed by atoms with van der Waals surface area (Å²) in [5, 5.41) is 24.9. The van der Waals surface area contributed by atoms with Gasteiger partial charge in [0.05, 0.1) is 62.5 Å². The fourth-order valence-corrected chi connectivity index (χ4v) is 14.4. The Labute approximate surface area is 520 Å². The van der Waals surface area contributed by atoms with Crippen LogP contribution in [0.4, 0.5) is 5.82 Å². The number of rotatable bonds is 13. The summed E-state index contributed by atoms with van der Waals surface area (Å²) in [6.45, 7) is 22.9. The molecule has 0 unspecified atom stereocenters. The van der Waals surface area contributed by atoms with E-state index in [2.05, 4.69) is 67.2 Å². The summed E-state index contributed by atoms with van der Waals surface area (Å²) < 4.78 is 30.1. The zero-order chi connectivity index (χ0) is 60.4.